The molecule has 1 aromatic rings. The first-order valence-corrected chi connectivity index (χ1v) is 5.47. The van der Waals surface area contributed by atoms with E-state index in [1.165, 1.54) is 12.5 Å². The van der Waals surface area contributed by atoms with Gasteiger partial charge in [0.05, 0.1) is 15.6 Å². The van der Waals surface area contributed by atoms with E-state index in [4.69, 9.17) is 28.0 Å². The van der Waals surface area contributed by atoms with E-state index in [1.807, 2.05) is 0 Å². The molecule has 0 fully saturated rings. The van der Waals surface area contributed by atoms with Crippen LogP contribution in [0.5, 0.6) is 0 Å². The molecular weight excluding hydrogens is 263 g/mol. The molecular formula is C11H8Cl2N2O2. The summed E-state index contributed by atoms with van der Waals surface area (Å²) in [5, 5.41) is 3.51. The Morgan fingerprint density at radius 3 is 2.76 bits per heavy atom. The Bertz CT molecular complexity index is 512. The minimum atomic E-state index is -0.268. The topological polar surface area (TPSA) is 50.4 Å². The maximum Gasteiger partial charge on any atom is 0.257 e. The Kier molecular flexibility index (Phi) is 3.56. The highest BCUT2D eigenvalue weighted by atomic mass is 35.5. The van der Waals surface area contributed by atoms with Crippen molar-refractivity contribution in [2.24, 2.45) is 0 Å². The monoisotopic (exact) mass is 270 g/mol. The highest BCUT2D eigenvalue weighted by molar-refractivity contribution is 6.42. The van der Waals surface area contributed by atoms with Gasteiger partial charge < -0.3 is 10.2 Å². The van der Waals surface area contributed by atoms with Crippen LogP contribution >= 0.6 is 23.2 Å². The summed E-state index contributed by atoms with van der Waals surface area (Å²) in [6.07, 6.45) is 4.37. The van der Waals surface area contributed by atoms with Crippen LogP contribution in [-0.4, -0.2) is 5.91 Å². The maximum absolute atomic E-state index is 11.8. The van der Waals surface area contributed by atoms with E-state index in [0.29, 0.717) is 21.3 Å². The molecule has 1 aromatic carbocycles. The lowest BCUT2D eigenvalue weighted by Gasteiger charge is -2.10. The van der Waals surface area contributed by atoms with Crippen molar-refractivity contribution in [2.75, 3.05) is 5.32 Å². The highest BCUT2D eigenvalue weighted by Gasteiger charge is 2.10. The highest BCUT2D eigenvalue weighted by Crippen LogP contribution is 2.25. The Balaban J connectivity index is 2.10. The van der Waals surface area contributed by atoms with Crippen molar-refractivity contribution in [1.29, 1.82) is 0 Å². The minimum Gasteiger partial charge on any atom is -0.391 e. The number of amides is 1. The van der Waals surface area contributed by atoms with Crippen molar-refractivity contribution in [3.63, 3.8) is 0 Å². The number of carbonyl (C=O) groups is 1. The fourth-order valence-corrected chi connectivity index (χ4v) is 1.51. The third kappa shape index (κ3) is 2.93. The molecule has 1 amide bonds. The Morgan fingerprint density at radius 1 is 1.29 bits per heavy atom. The number of halogens is 2. The van der Waals surface area contributed by atoms with Crippen LogP contribution in [0.15, 0.2) is 42.3 Å². The summed E-state index contributed by atoms with van der Waals surface area (Å²) in [5.41, 5.74) is 3.49. The second-order valence-corrected chi connectivity index (χ2v) is 4.04. The molecule has 1 heterocycles. The van der Waals surface area contributed by atoms with Crippen LogP contribution < -0.4 is 10.8 Å². The van der Waals surface area contributed by atoms with E-state index in [-0.39, 0.29) is 5.91 Å². The van der Waals surface area contributed by atoms with Gasteiger partial charge in [0.1, 0.15) is 6.26 Å². The number of hydroxylamine groups is 1. The van der Waals surface area contributed by atoms with Gasteiger partial charge in [-0.1, -0.05) is 23.2 Å². The molecule has 17 heavy (non-hydrogen) atoms. The van der Waals surface area contributed by atoms with Crippen LogP contribution in [0.4, 0.5) is 5.69 Å². The van der Waals surface area contributed by atoms with Crippen LogP contribution in [0.25, 0.3) is 0 Å². The van der Waals surface area contributed by atoms with E-state index in [2.05, 4.69) is 10.8 Å². The van der Waals surface area contributed by atoms with Gasteiger partial charge in [-0.3, -0.25) is 4.79 Å². The number of benzene rings is 1. The quantitative estimate of drug-likeness (QED) is 0.869. The van der Waals surface area contributed by atoms with Crippen LogP contribution in [0, 0.1) is 0 Å². The molecule has 0 bridgehead atoms. The van der Waals surface area contributed by atoms with E-state index in [0.717, 1.165) is 0 Å². The van der Waals surface area contributed by atoms with Crippen LogP contribution in [0.2, 0.25) is 10.0 Å². The molecule has 1 aliphatic rings. The zero-order valence-electron chi connectivity index (χ0n) is 8.54. The van der Waals surface area contributed by atoms with Crippen molar-refractivity contribution >= 4 is 34.8 Å². The average molecular weight is 271 g/mol. The van der Waals surface area contributed by atoms with Gasteiger partial charge in [0, 0.05) is 11.9 Å². The summed E-state index contributed by atoms with van der Waals surface area (Å²) in [6, 6.07) is 4.87. The number of nitrogens with one attached hydrogen (secondary N) is 2. The summed E-state index contributed by atoms with van der Waals surface area (Å²) in [6.45, 7) is 0. The number of hydrogen-bond donors (Lipinski definition) is 2. The van der Waals surface area contributed by atoms with Gasteiger partial charge in [-0.15, -0.1) is 0 Å². The molecule has 0 saturated carbocycles. The van der Waals surface area contributed by atoms with Gasteiger partial charge in [0.15, 0.2) is 0 Å². The SMILES string of the molecule is O=C(Nc1ccc(Cl)c(Cl)c1)C1=CNOC=C1. The normalized spacial score (nSPS) is 13.4. The molecule has 0 atom stereocenters. The van der Waals surface area contributed by atoms with Crippen molar-refractivity contribution in [3.8, 4) is 0 Å². The second kappa shape index (κ2) is 5.12. The minimum absolute atomic E-state index is 0.268. The summed E-state index contributed by atoms with van der Waals surface area (Å²) in [5.74, 6) is -0.268. The standard InChI is InChI=1S/C11H8Cl2N2O2/c12-9-2-1-8(5-10(9)13)15-11(16)7-3-4-17-14-6-7/h1-6,14H,(H,15,16). The summed E-state index contributed by atoms with van der Waals surface area (Å²) >= 11 is 11.6. The first-order valence-electron chi connectivity index (χ1n) is 4.71. The molecule has 2 N–H and O–H groups in total. The molecule has 0 spiro atoms. The van der Waals surface area contributed by atoms with Gasteiger partial charge in [0.2, 0.25) is 0 Å². The van der Waals surface area contributed by atoms with E-state index >= 15 is 0 Å². The molecule has 1 aliphatic heterocycles. The summed E-state index contributed by atoms with van der Waals surface area (Å²) < 4.78 is 0. The van der Waals surface area contributed by atoms with Crippen molar-refractivity contribution in [2.45, 2.75) is 0 Å². The average Bonchev–Trinajstić information content (AvgIpc) is 2.35. The Hall–Kier alpha value is -1.65. The molecule has 4 nitrogen and oxygen atoms in total. The lowest BCUT2D eigenvalue weighted by atomic mass is 10.2. The number of rotatable bonds is 2. The zero-order chi connectivity index (χ0) is 12.3. The fraction of sp³-hybridized carbons (Fsp3) is 0. The van der Waals surface area contributed by atoms with E-state index in [1.54, 1.807) is 24.3 Å². The lowest BCUT2D eigenvalue weighted by Crippen LogP contribution is -2.18. The number of hydrogen-bond acceptors (Lipinski definition) is 3. The number of carbonyl (C=O) groups excluding carboxylic acids is 1. The molecule has 6 heteroatoms. The molecule has 0 unspecified atom stereocenters. The van der Waals surface area contributed by atoms with Gasteiger partial charge >= 0.3 is 0 Å². The predicted octanol–water partition coefficient (Wildman–Crippen LogP) is 2.86. The van der Waals surface area contributed by atoms with Gasteiger partial charge in [0.25, 0.3) is 5.91 Å². The number of anilines is 1. The summed E-state index contributed by atoms with van der Waals surface area (Å²) in [7, 11) is 0. The molecule has 0 aromatic heterocycles. The molecule has 0 radical (unpaired) electrons. The maximum atomic E-state index is 11.8. The lowest BCUT2D eigenvalue weighted by molar-refractivity contribution is -0.112. The zero-order valence-corrected chi connectivity index (χ0v) is 10.0. The summed E-state index contributed by atoms with van der Waals surface area (Å²) in [4.78, 5) is 16.5. The first-order chi connectivity index (χ1) is 8.16. The molecule has 0 saturated heterocycles. The van der Waals surface area contributed by atoms with Crippen molar-refractivity contribution in [3.05, 3.63) is 52.4 Å². The van der Waals surface area contributed by atoms with E-state index in [9.17, 15) is 4.79 Å². The largest absolute Gasteiger partial charge is 0.391 e. The van der Waals surface area contributed by atoms with Gasteiger partial charge in [-0.2, -0.15) is 0 Å². The van der Waals surface area contributed by atoms with Crippen LogP contribution in [0.3, 0.4) is 0 Å². The first kappa shape index (κ1) is 11.8. The second-order valence-electron chi connectivity index (χ2n) is 3.22. The van der Waals surface area contributed by atoms with Crippen LogP contribution in [-0.2, 0) is 9.63 Å². The third-order valence-electron chi connectivity index (χ3n) is 2.04. The third-order valence-corrected chi connectivity index (χ3v) is 2.78. The fourth-order valence-electron chi connectivity index (χ4n) is 1.21. The van der Waals surface area contributed by atoms with Crippen LogP contribution in [0.1, 0.15) is 0 Å². The van der Waals surface area contributed by atoms with E-state index < -0.39 is 0 Å². The smallest absolute Gasteiger partial charge is 0.257 e. The molecule has 2 rings (SSSR count). The predicted molar refractivity (Wildman–Crippen MR) is 66.5 cm³/mol. The molecule has 88 valence electrons. The Labute approximate surface area is 108 Å². The van der Waals surface area contributed by atoms with Gasteiger partial charge in [-0.05, 0) is 24.3 Å². The Morgan fingerprint density at radius 2 is 2.12 bits per heavy atom. The van der Waals surface area contributed by atoms with Crippen molar-refractivity contribution in [1.82, 2.24) is 5.48 Å². The van der Waals surface area contributed by atoms with Crippen molar-refractivity contribution < 1.29 is 9.63 Å². The molecule has 0 aliphatic carbocycles. The van der Waals surface area contributed by atoms with Gasteiger partial charge in [-0.25, -0.2) is 5.48 Å².